The maximum absolute atomic E-state index is 12.1. The lowest BCUT2D eigenvalue weighted by atomic mass is 9.89. The first-order chi connectivity index (χ1) is 9.06. The van der Waals surface area contributed by atoms with Crippen LogP contribution in [0.4, 0.5) is 0 Å². The second-order valence-corrected chi connectivity index (χ2v) is 6.62. The highest BCUT2D eigenvalue weighted by molar-refractivity contribution is 9.09. The summed E-state index contributed by atoms with van der Waals surface area (Å²) in [5.41, 5.74) is 1.45. The van der Waals surface area contributed by atoms with Gasteiger partial charge in [0.25, 0.3) is 5.91 Å². The van der Waals surface area contributed by atoms with Gasteiger partial charge in [-0.3, -0.25) is 4.79 Å². The van der Waals surface area contributed by atoms with Crippen LogP contribution in [0, 0.1) is 12.8 Å². The smallest absolute Gasteiger partial charge is 0.251 e. The lowest BCUT2D eigenvalue weighted by Gasteiger charge is -2.25. The van der Waals surface area contributed by atoms with Gasteiger partial charge >= 0.3 is 0 Å². The standard InChI is InChI=1S/C15H20BrNO2/c1-10-8-13(18)6-7-14(10)15(19)17-9-11-2-4-12(16)5-3-11/h6-8,11-12,18H,2-5,9H2,1H3,(H,17,19). The number of carbonyl (C=O) groups excluding carboxylic acids is 1. The van der Waals surface area contributed by atoms with Crippen molar-refractivity contribution < 1.29 is 9.90 Å². The Morgan fingerprint density at radius 2 is 2.05 bits per heavy atom. The Morgan fingerprint density at radius 3 is 2.68 bits per heavy atom. The molecule has 3 nitrogen and oxygen atoms in total. The first-order valence-corrected chi connectivity index (χ1v) is 7.69. The van der Waals surface area contributed by atoms with Crippen LogP contribution in [0.1, 0.15) is 41.6 Å². The second-order valence-electron chi connectivity index (χ2n) is 5.33. The van der Waals surface area contributed by atoms with Crippen molar-refractivity contribution in [1.29, 1.82) is 0 Å². The summed E-state index contributed by atoms with van der Waals surface area (Å²) in [6.45, 7) is 2.59. The Kier molecular flexibility index (Phi) is 4.86. The predicted molar refractivity (Wildman–Crippen MR) is 79.9 cm³/mol. The van der Waals surface area contributed by atoms with Gasteiger partial charge in [0.1, 0.15) is 5.75 Å². The van der Waals surface area contributed by atoms with Crippen molar-refractivity contribution in [2.45, 2.75) is 37.4 Å². The predicted octanol–water partition coefficient (Wildman–Crippen LogP) is 3.38. The molecule has 4 heteroatoms. The van der Waals surface area contributed by atoms with E-state index in [0.717, 1.165) is 12.1 Å². The second kappa shape index (κ2) is 6.42. The summed E-state index contributed by atoms with van der Waals surface area (Å²) in [5, 5.41) is 12.3. The Hall–Kier alpha value is -1.03. The number of phenolic OH excluding ortho intramolecular Hbond substituents is 1. The number of hydrogen-bond acceptors (Lipinski definition) is 2. The molecule has 1 aromatic carbocycles. The van der Waals surface area contributed by atoms with Gasteiger partial charge < -0.3 is 10.4 Å². The fraction of sp³-hybridized carbons (Fsp3) is 0.533. The number of alkyl halides is 1. The first kappa shape index (κ1) is 14.4. The van der Waals surface area contributed by atoms with Gasteiger partial charge in [-0.2, -0.15) is 0 Å². The molecule has 0 unspecified atom stereocenters. The highest BCUT2D eigenvalue weighted by Crippen LogP contribution is 2.28. The van der Waals surface area contributed by atoms with Gasteiger partial charge in [0.05, 0.1) is 0 Å². The molecule has 0 saturated heterocycles. The summed E-state index contributed by atoms with van der Waals surface area (Å²) in [6.07, 6.45) is 4.73. The molecule has 0 aromatic heterocycles. The van der Waals surface area contributed by atoms with Crippen molar-refractivity contribution in [3.05, 3.63) is 29.3 Å². The van der Waals surface area contributed by atoms with Crippen molar-refractivity contribution in [1.82, 2.24) is 5.32 Å². The Balaban J connectivity index is 1.87. The van der Waals surface area contributed by atoms with Gasteiger partial charge in [-0.05, 0) is 62.3 Å². The topological polar surface area (TPSA) is 49.3 Å². The summed E-state index contributed by atoms with van der Waals surface area (Å²) >= 11 is 3.64. The van der Waals surface area contributed by atoms with E-state index in [1.807, 2.05) is 6.92 Å². The normalized spacial score (nSPS) is 23.1. The van der Waals surface area contributed by atoms with Crippen molar-refractivity contribution in [2.24, 2.45) is 5.92 Å². The van der Waals surface area contributed by atoms with Crippen molar-refractivity contribution in [3.8, 4) is 5.75 Å². The molecule has 1 aliphatic rings. The number of halogens is 1. The molecule has 2 rings (SSSR count). The summed E-state index contributed by atoms with van der Waals surface area (Å²) in [6, 6.07) is 4.85. The van der Waals surface area contributed by atoms with Gasteiger partial charge in [0, 0.05) is 16.9 Å². The first-order valence-electron chi connectivity index (χ1n) is 6.78. The molecule has 104 valence electrons. The third-order valence-corrected chi connectivity index (χ3v) is 4.70. The molecule has 1 amide bonds. The Labute approximate surface area is 122 Å². The Morgan fingerprint density at radius 1 is 1.37 bits per heavy atom. The maximum atomic E-state index is 12.1. The molecule has 0 bridgehead atoms. The number of amides is 1. The molecule has 1 saturated carbocycles. The molecule has 19 heavy (non-hydrogen) atoms. The molecule has 0 spiro atoms. The van der Waals surface area contributed by atoms with Gasteiger partial charge in [-0.15, -0.1) is 0 Å². The van der Waals surface area contributed by atoms with Crippen LogP contribution in [0.2, 0.25) is 0 Å². The van der Waals surface area contributed by atoms with E-state index >= 15 is 0 Å². The van der Waals surface area contributed by atoms with Crippen LogP contribution in [0.15, 0.2) is 18.2 Å². The fourth-order valence-electron chi connectivity index (χ4n) is 2.56. The molecule has 1 aromatic rings. The lowest BCUT2D eigenvalue weighted by molar-refractivity contribution is 0.0943. The SMILES string of the molecule is Cc1cc(O)ccc1C(=O)NCC1CCC(Br)CC1. The van der Waals surface area contributed by atoms with E-state index in [2.05, 4.69) is 21.2 Å². The van der Waals surface area contributed by atoms with Crippen LogP contribution in [-0.4, -0.2) is 22.4 Å². The monoisotopic (exact) mass is 325 g/mol. The minimum Gasteiger partial charge on any atom is -0.508 e. The molecule has 0 heterocycles. The molecule has 2 N–H and O–H groups in total. The van der Waals surface area contributed by atoms with E-state index < -0.39 is 0 Å². The quantitative estimate of drug-likeness (QED) is 0.837. The number of rotatable bonds is 3. The third-order valence-electron chi connectivity index (χ3n) is 3.78. The van der Waals surface area contributed by atoms with Crippen LogP contribution in [0.5, 0.6) is 5.75 Å². The number of benzene rings is 1. The van der Waals surface area contributed by atoms with Crippen LogP contribution in [-0.2, 0) is 0 Å². The zero-order valence-electron chi connectivity index (χ0n) is 11.2. The molecule has 1 aliphatic carbocycles. The van der Waals surface area contributed by atoms with Crippen LogP contribution in [0.3, 0.4) is 0 Å². The van der Waals surface area contributed by atoms with E-state index in [9.17, 15) is 9.90 Å². The van der Waals surface area contributed by atoms with Crippen molar-refractivity contribution >= 4 is 21.8 Å². The molecule has 0 radical (unpaired) electrons. The number of nitrogens with one attached hydrogen (secondary N) is 1. The average molecular weight is 326 g/mol. The lowest BCUT2D eigenvalue weighted by Crippen LogP contribution is -2.31. The van der Waals surface area contributed by atoms with E-state index in [1.54, 1.807) is 18.2 Å². The summed E-state index contributed by atoms with van der Waals surface area (Å²) < 4.78 is 0. The van der Waals surface area contributed by atoms with Gasteiger partial charge in [-0.1, -0.05) is 15.9 Å². The average Bonchev–Trinajstić information content (AvgIpc) is 2.37. The summed E-state index contributed by atoms with van der Waals surface area (Å²) in [4.78, 5) is 12.7. The largest absolute Gasteiger partial charge is 0.508 e. The zero-order valence-corrected chi connectivity index (χ0v) is 12.7. The minimum absolute atomic E-state index is 0.0431. The molecular weight excluding hydrogens is 306 g/mol. The van der Waals surface area contributed by atoms with Crippen molar-refractivity contribution in [3.63, 3.8) is 0 Å². The molecular formula is C15H20BrNO2. The van der Waals surface area contributed by atoms with Gasteiger partial charge in [-0.25, -0.2) is 0 Å². The number of phenols is 1. The number of carbonyl (C=O) groups is 1. The van der Waals surface area contributed by atoms with Crippen LogP contribution >= 0.6 is 15.9 Å². The molecule has 0 atom stereocenters. The maximum Gasteiger partial charge on any atom is 0.251 e. The number of aryl methyl sites for hydroxylation is 1. The van der Waals surface area contributed by atoms with E-state index in [1.165, 1.54) is 25.7 Å². The third kappa shape index (κ3) is 3.96. The number of aromatic hydroxyl groups is 1. The van der Waals surface area contributed by atoms with Crippen LogP contribution in [0.25, 0.3) is 0 Å². The van der Waals surface area contributed by atoms with Crippen LogP contribution < -0.4 is 5.32 Å². The highest BCUT2D eigenvalue weighted by Gasteiger charge is 2.20. The summed E-state index contributed by atoms with van der Waals surface area (Å²) in [7, 11) is 0. The van der Waals surface area contributed by atoms with Crippen molar-refractivity contribution in [2.75, 3.05) is 6.54 Å². The Bertz CT molecular complexity index is 453. The zero-order chi connectivity index (χ0) is 13.8. The fourth-order valence-corrected chi connectivity index (χ4v) is 3.09. The molecule has 0 aliphatic heterocycles. The number of hydrogen-bond donors (Lipinski definition) is 2. The highest BCUT2D eigenvalue weighted by atomic mass is 79.9. The molecule has 1 fully saturated rings. The minimum atomic E-state index is -0.0431. The van der Waals surface area contributed by atoms with E-state index in [4.69, 9.17) is 0 Å². The van der Waals surface area contributed by atoms with E-state index in [0.29, 0.717) is 16.3 Å². The summed E-state index contributed by atoms with van der Waals surface area (Å²) in [5.74, 6) is 0.748. The van der Waals surface area contributed by atoms with Gasteiger partial charge in [0.2, 0.25) is 0 Å². The van der Waals surface area contributed by atoms with E-state index in [-0.39, 0.29) is 11.7 Å². The van der Waals surface area contributed by atoms with Gasteiger partial charge in [0.15, 0.2) is 0 Å².